The van der Waals surface area contributed by atoms with Gasteiger partial charge < -0.3 is 15.4 Å². The zero-order valence-electron chi connectivity index (χ0n) is 16.9. The van der Waals surface area contributed by atoms with Gasteiger partial charge in [0.25, 0.3) is 5.91 Å². The van der Waals surface area contributed by atoms with Crippen molar-refractivity contribution >= 4 is 17.4 Å². The summed E-state index contributed by atoms with van der Waals surface area (Å²) in [6.07, 6.45) is 1.83. The highest BCUT2D eigenvalue weighted by molar-refractivity contribution is 6.10. The molecule has 154 valence electrons. The number of Topliss-reactive ketones (excluding diaryl/α,β-unsaturated/α-hetero) is 1. The van der Waals surface area contributed by atoms with Gasteiger partial charge in [0.1, 0.15) is 11.6 Å². The number of ketones is 1. The maximum atomic E-state index is 14.8. The smallest absolute Gasteiger partial charge is 0.254 e. The fraction of sp³-hybridized carbons (Fsp3) is 0.250. The van der Waals surface area contributed by atoms with Gasteiger partial charge in [0, 0.05) is 40.4 Å². The lowest BCUT2D eigenvalue weighted by Crippen LogP contribution is -2.35. The molecule has 4 rings (SSSR count). The minimum atomic E-state index is -0.759. The largest absolute Gasteiger partial charge is 0.495 e. The van der Waals surface area contributed by atoms with Crippen molar-refractivity contribution < 1.29 is 18.7 Å². The molecule has 2 N–H and O–H groups in total. The third kappa shape index (κ3) is 3.49. The highest BCUT2D eigenvalue weighted by atomic mass is 19.1. The molecular formula is C24H23FN2O3. The van der Waals surface area contributed by atoms with Crippen LogP contribution in [-0.2, 0) is 9.59 Å². The molecule has 0 radical (unpaired) electrons. The van der Waals surface area contributed by atoms with Crippen LogP contribution in [0.25, 0.3) is 0 Å². The van der Waals surface area contributed by atoms with E-state index < -0.39 is 17.6 Å². The summed E-state index contributed by atoms with van der Waals surface area (Å²) in [6.45, 7) is 1.79. The molecule has 1 aliphatic heterocycles. The number of carbonyl (C=O) groups excluding carboxylic acids is 2. The van der Waals surface area contributed by atoms with Crippen LogP contribution in [0.3, 0.4) is 0 Å². The van der Waals surface area contributed by atoms with Gasteiger partial charge in [0.05, 0.1) is 12.8 Å². The second-order valence-corrected chi connectivity index (χ2v) is 7.44. The van der Waals surface area contributed by atoms with Gasteiger partial charge in [-0.25, -0.2) is 4.39 Å². The van der Waals surface area contributed by atoms with Crippen LogP contribution in [0.15, 0.2) is 71.1 Å². The molecule has 1 amide bonds. The number of hydrogen-bond donors (Lipinski definition) is 2. The van der Waals surface area contributed by atoms with Gasteiger partial charge in [-0.15, -0.1) is 0 Å². The first-order chi connectivity index (χ1) is 14.5. The number of halogens is 1. The zero-order chi connectivity index (χ0) is 21.3. The molecule has 1 atom stereocenters. The van der Waals surface area contributed by atoms with E-state index in [-0.39, 0.29) is 5.78 Å². The lowest BCUT2D eigenvalue weighted by molar-refractivity contribution is -0.116. The SMILES string of the molecule is COc1ccccc1NC(=O)C1=C(C)NC2=C(C(=O)CCC2)[C@@H]1c1ccccc1F. The number of nitrogens with one attached hydrogen (secondary N) is 2. The summed E-state index contributed by atoms with van der Waals surface area (Å²) < 4.78 is 20.2. The molecule has 2 aromatic rings. The lowest BCUT2D eigenvalue weighted by Gasteiger charge is -2.34. The number of ether oxygens (including phenoxy) is 1. The second kappa shape index (κ2) is 8.14. The Labute approximate surface area is 174 Å². The van der Waals surface area contributed by atoms with Gasteiger partial charge >= 0.3 is 0 Å². The van der Waals surface area contributed by atoms with Crippen molar-refractivity contribution in [2.45, 2.75) is 32.1 Å². The van der Waals surface area contributed by atoms with Crippen LogP contribution in [0, 0.1) is 5.82 Å². The lowest BCUT2D eigenvalue weighted by atomic mass is 9.75. The Morgan fingerprint density at radius 3 is 2.63 bits per heavy atom. The molecule has 2 aliphatic rings. The van der Waals surface area contributed by atoms with Crippen LogP contribution >= 0.6 is 0 Å². The molecule has 0 aromatic heterocycles. The number of allylic oxidation sites excluding steroid dienone is 3. The molecular weight excluding hydrogens is 383 g/mol. The Bertz CT molecular complexity index is 1090. The third-order valence-electron chi connectivity index (χ3n) is 5.59. The summed E-state index contributed by atoms with van der Waals surface area (Å²) in [6, 6.07) is 13.4. The molecule has 0 fully saturated rings. The number of para-hydroxylation sites is 2. The Morgan fingerprint density at radius 2 is 1.87 bits per heavy atom. The first-order valence-electron chi connectivity index (χ1n) is 9.94. The van der Waals surface area contributed by atoms with Gasteiger partial charge in [0.15, 0.2) is 5.78 Å². The fourth-order valence-corrected chi connectivity index (χ4v) is 4.24. The number of amides is 1. The molecule has 0 spiro atoms. The van der Waals surface area contributed by atoms with Crippen molar-refractivity contribution in [2.24, 2.45) is 0 Å². The third-order valence-corrected chi connectivity index (χ3v) is 5.59. The van der Waals surface area contributed by atoms with Gasteiger partial charge in [-0.1, -0.05) is 30.3 Å². The summed E-state index contributed by atoms with van der Waals surface area (Å²) in [4.78, 5) is 26.3. The molecule has 5 nitrogen and oxygen atoms in total. The Balaban J connectivity index is 1.81. The Morgan fingerprint density at radius 1 is 1.13 bits per heavy atom. The highest BCUT2D eigenvalue weighted by Crippen LogP contribution is 2.43. The van der Waals surface area contributed by atoms with E-state index in [4.69, 9.17) is 4.74 Å². The molecule has 0 unspecified atom stereocenters. The quantitative estimate of drug-likeness (QED) is 0.788. The molecule has 30 heavy (non-hydrogen) atoms. The maximum Gasteiger partial charge on any atom is 0.254 e. The molecule has 0 saturated heterocycles. The normalized spacial score (nSPS) is 18.6. The van der Waals surface area contributed by atoms with Gasteiger partial charge in [-0.3, -0.25) is 9.59 Å². The number of benzene rings is 2. The van der Waals surface area contributed by atoms with Crippen molar-refractivity contribution in [3.8, 4) is 5.75 Å². The van der Waals surface area contributed by atoms with Crippen LogP contribution in [0.1, 0.15) is 37.7 Å². The van der Waals surface area contributed by atoms with Crippen LogP contribution in [0.5, 0.6) is 5.75 Å². The first-order valence-corrected chi connectivity index (χ1v) is 9.94. The van der Waals surface area contributed by atoms with Crippen molar-refractivity contribution in [3.63, 3.8) is 0 Å². The van der Waals surface area contributed by atoms with Crippen molar-refractivity contribution in [1.82, 2.24) is 5.32 Å². The van der Waals surface area contributed by atoms with E-state index in [0.717, 1.165) is 12.1 Å². The topological polar surface area (TPSA) is 67.4 Å². The number of methoxy groups -OCH3 is 1. The van der Waals surface area contributed by atoms with Crippen LogP contribution in [-0.4, -0.2) is 18.8 Å². The van der Waals surface area contributed by atoms with E-state index in [2.05, 4.69) is 10.6 Å². The average molecular weight is 406 g/mol. The van der Waals surface area contributed by atoms with Crippen LogP contribution in [0.4, 0.5) is 10.1 Å². The number of rotatable bonds is 4. The Kier molecular flexibility index (Phi) is 5.40. The van der Waals surface area contributed by atoms with E-state index in [0.29, 0.717) is 46.7 Å². The summed E-state index contributed by atoms with van der Waals surface area (Å²) in [5.74, 6) is -1.13. The van der Waals surface area contributed by atoms with E-state index in [1.165, 1.54) is 13.2 Å². The predicted octanol–water partition coefficient (Wildman–Crippen LogP) is 4.44. The van der Waals surface area contributed by atoms with E-state index in [1.54, 1.807) is 49.4 Å². The standard InChI is InChI=1S/C24H23FN2O3/c1-14-21(24(29)27-17-10-5-6-13-20(17)30-2)22(15-8-3-4-9-16(15)25)23-18(26-14)11-7-12-19(23)28/h3-6,8-10,13,22,26H,7,11-12H2,1-2H3,(H,27,29)/t22-/m1/s1. The predicted molar refractivity (Wildman–Crippen MR) is 112 cm³/mol. The van der Waals surface area contributed by atoms with Crippen molar-refractivity contribution in [1.29, 1.82) is 0 Å². The Hall–Kier alpha value is -3.41. The minimum Gasteiger partial charge on any atom is -0.495 e. The van der Waals surface area contributed by atoms with Crippen molar-refractivity contribution in [3.05, 3.63) is 82.5 Å². The van der Waals surface area contributed by atoms with Gasteiger partial charge in [0.2, 0.25) is 0 Å². The highest BCUT2D eigenvalue weighted by Gasteiger charge is 2.39. The number of dihydropyridines is 1. The van der Waals surface area contributed by atoms with Crippen LogP contribution < -0.4 is 15.4 Å². The van der Waals surface area contributed by atoms with Crippen molar-refractivity contribution in [2.75, 3.05) is 12.4 Å². The second-order valence-electron chi connectivity index (χ2n) is 7.44. The average Bonchev–Trinajstić information content (AvgIpc) is 2.73. The number of carbonyl (C=O) groups is 2. The molecule has 0 saturated carbocycles. The molecule has 1 heterocycles. The van der Waals surface area contributed by atoms with Gasteiger partial charge in [-0.05, 0) is 38.0 Å². The van der Waals surface area contributed by atoms with Crippen LogP contribution in [0.2, 0.25) is 0 Å². The summed E-state index contributed by atoms with van der Waals surface area (Å²) in [7, 11) is 1.53. The fourth-order valence-electron chi connectivity index (χ4n) is 4.24. The summed E-state index contributed by atoms with van der Waals surface area (Å²) in [5, 5.41) is 6.11. The monoisotopic (exact) mass is 406 g/mol. The maximum absolute atomic E-state index is 14.8. The van der Waals surface area contributed by atoms with E-state index in [1.807, 2.05) is 0 Å². The minimum absolute atomic E-state index is 0.0490. The zero-order valence-corrected chi connectivity index (χ0v) is 16.9. The molecule has 2 aromatic carbocycles. The molecule has 1 aliphatic carbocycles. The summed E-state index contributed by atoms with van der Waals surface area (Å²) >= 11 is 0. The number of hydrogen-bond acceptors (Lipinski definition) is 4. The van der Waals surface area contributed by atoms with E-state index >= 15 is 0 Å². The van der Waals surface area contributed by atoms with Gasteiger partial charge in [-0.2, -0.15) is 0 Å². The summed E-state index contributed by atoms with van der Waals surface area (Å²) in [5.41, 5.74) is 3.05. The van der Waals surface area contributed by atoms with E-state index in [9.17, 15) is 14.0 Å². The first kappa shape index (κ1) is 19.9. The molecule has 6 heteroatoms. The molecule has 0 bridgehead atoms. The number of anilines is 1.